The molecular formula is C12H11FN2O3. The minimum absolute atomic E-state index is 0.110. The molecule has 1 aromatic rings. The van der Waals surface area contributed by atoms with Gasteiger partial charge in [0.25, 0.3) is 0 Å². The van der Waals surface area contributed by atoms with Crippen LogP contribution in [0.25, 0.3) is 0 Å². The minimum atomic E-state index is -1.26. The highest BCUT2D eigenvalue weighted by Gasteiger charge is 2.12. The van der Waals surface area contributed by atoms with Crippen LogP contribution in [-0.2, 0) is 0 Å². The molecule has 94 valence electrons. The van der Waals surface area contributed by atoms with Gasteiger partial charge >= 0.3 is 12.0 Å². The predicted octanol–water partition coefficient (Wildman–Crippen LogP) is 1.67. The Morgan fingerprint density at radius 3 is 2.78 bits per heavy atom. The van der Waals surface area contributed by atoms with Crippen LogP contribution in [-0.4, -0.2) is 23.7 Å². The van der Waals surface area contributed by atoms with E-state index in [9.17, 15) is 14.0 Å². The molecule has 0 aromatic heterocycles. The Kier molecular flexibility index (Phi) is 4.69. The standard InChI is InChI=1S/C12H11FN2O3/c1-2-3-6-14-12(18)15-10-7-8(13)4-5-9(10)11(16)17/h1,4-5,7H,3,6H2,(H,16,17)(H2,14,15,18). The summed E-state index contributed by atoms with van der Waals surface area (Å²) in [5.74, 6) is 0.434. The van der Waals surface area contributed by atoms with Gasteiger partial charge in [0.1, 0.15) is 5.82 Å². The maximum absolute atomic E-state index is 13.0. The number of carboxylic acid groups (broad SMARTS) is 1. The number of anilines is 1. The summed E-state index contributed by atoms with van der Waals surface area (Å²) in [6.07, 6.45) is 5.35. The van der Waals surface area contributed by atoms with Crippen LogP contribution in [0.15, 0.2) is 18.2 Å². The number of urea groups is 1. The summed E-state index contributed by atoms with van der Waals surface area (Å²) in [5.41, 5.74) is -0.302. The number of terminal acetylenes is 1. The lowest BCUT2D eigenvalue weighted by atomic mass is 10.2. The maximum Gasteiger partial charge on any atom is 0.337 e. The number of rotatable bonds is 4. The summed E-state index contributed by atoms with van der Waals surface area (Å²) >= 11 is 0. The molecule has 0 aliphatic carbocycles. The Labute approximate surface area is 103 Å². The van der Waals surface area contributed by atoms with E-state index in [2.05, 4.69) is 16.6 Å². The molecule has 0 spiro atoms. The Morgan fingerprint density at radius 2 is 2.17 bits per heavy atom. The van der Waals surface area contributed by atoms with Crippen molar-refractivity contribution < 1.29 is 19.1 Å². The average Bonchev–Trinajstić information content (AvgIpc) is 2.29. The number of carbonyl (C=O) groups is 2. The molecule has 6 heteroatoms. The minimum Gasteiger partial charge on any atom is -0.478 e. The first-order chi connectivity index (χ1) is 8.54. The molecule has 5 nitrogen and oxygen atoms in total. The second kappa shape index (κ2) is 6.25. The Bertz CT molecular complexity index is 509. The SMILES string of the molecule is C#CCCNC(=O)Nc1cc(F)ccc1C(=O)O. The van der Waals surface area contributed by atoms with E-state index in [0.29, 0.717) is 6.42 Å². The van der Waals surface area contributed by atoms with Crippen molar-refractivity contribution in [1.82, 2.24) is 5.32 Å². The molecule has 0 saturated heterocycles. The van der Waals surface area contributed by atoms with Gasteiger partial charge in [-0.15, -0.1) is 12.3 Å². The molecule has 3 N–H and O–H groups in total. The van der Waals surface area contributed by atoms with Gasteiger partial charge in [-0.3, -0.25) is 0 Å². The third kappa shape index (κ3) is 3.79. The van der Waals surface area contributed by atoms with E-state index in [1.807, 2.05) is 0 Å². The van der Waals surface area contributed by atoms with Gasteiger partial charge in [-0.05, 0) is 18.2 Å². The second-order valence-electron chi connectivity index (χ2n) is 3.33. The van der Waals surface area contributed by atoms with Crippen molar-refractivity contribution in [2.45, 2.75) is 6.42 Å². The fraction of sp³-hybridized carbons (Fsp3) is 0.167. The van der Waals surface area contributed by atoms with Crippen molar-refractivity contribution in [2.24, 2.45) is 0 Å². The largest absolute Gasteiger partial charge is 0.478 e. The van der Waals surface area contributed by atoms with E-state index in [1.54, 1.807) is 0 Å². The normalized spacial score (nSPS) is 9.33. The van der Waals surface area contributed by atoms with Gasteiger partial charge in [0.05, 0.1) is 11.3 Å². The lowest BCUT2D eigenvalue weighted by Gasteiger charge is -2.09. The van der Waals surface area contributed by atoms with E-state index >= 15 is 0 Å². The average molecular weight is 250 g/mol. The number of amides is 2. The summed E-state index contributed by atoms with van der Waals surface area (Å²) in [7, 11) is 0. The summed E-state index contributed by atoms with van der Waals surface area (Å²) < 4.78 is 13.0. The molecule has 0 bridgehead atoms. The third-order valence-corrected chi connectivity index (χ3v) is 2.02. The number of hydrogen-bond acceptors (Lipinski definition) is 2. The summed E-state index contributed by atoms with van der Waals surface area (Å²) in [5, 5.41) is 13.5. The molecule has 0 unspecified atom stereocenters. The molecule has 0 atom stereocenters. The highest BCUT2D eigenvalue weighted by molar-refractivity contribution is 5.99. The van der Waals surface area contributed by atoms with Crippen LogP contribution in [0.2, 0.25) is 0 Å². The van der Waals surface area contributed by atoms with Crippen molar-refractivity contribution in [2.75, 3.05) is 11.9 Å². The Morgan fingerprint density at radius 1 is 1.44 bits per heavy atom. The highest BCUT2D eigenvalue weighted by Crippen LogP contribution is 2.17. The van der Waals surface area contributed by atoms with Gasteiger partial charge < -0.3 is 15.7 Å². The number of hydrogen-bond donors (Lipinski definition) is 3. The quantitative estimate of drug-likeness (QED) is 0.561. The fourth-order valence-corrected chi connectivity index (χ4v) is 1.22. The van der Waals surface area contributed by atoms with Crippen LogP contribution >= 0.6 is 0 Å². The number of benzene rings is 1. The van der Waals surface area contributed by atoms with Crippen LogP contribution in [0.3, 0.4) is 0 Å². The maximum atomic E-state index is 13.0. The van der Waals surface area contributed by atoms with Gasteiger partial charge in [0, 0.05) is 13.0 Å². The van der Waals surface area contributed by atoms with Gasteiger partial charge in [-0.2, -0.15) is 0 Å². The van der Waals surface area contributed by atoms with Crippen molar-refractivity contribution in [3.8, 4) is 12.3 Å². The van der Waals surface area contributed by atoms with Crippen molar-refractivity contribution in [3.63, 3.8) is 0 Å². The molecule has 0 aliphatic heterocycles. The van der Waals surface area contributed by atoms with E-state index < -0.39 is 17.8 Å². The van der Waals surface area contributed by atoms with Crippen molar-refractivity contribution in [1.29, 1.82) is 0 Å². The summed E-state index contributed by atoms with van der Waals surface area (Å²) in [4.78, 5) is 22.2. The smallest absolute Gasteiger partial charge is 0.337 e. The molecule has 18 heavy (non-hydrogen) atoms. The van der Waals surface area contributed by atoms with Crippen LogP contribution in [0, 0.1) is 18.2 Å². The zero-order valence-corrected chi connectivity index (χ0v) is 9.37. The van der Waals surface area contributed by atoms with Gasteiger partial charge in [0.2, 0.25) is 0 Å². The van der Waals surface area contributed by atoms with Crippen molar-refractivity contribution >= 4 is 17.7 Å². The predicted molar refractivity (Wildman–Crippen MR) is 63.8 cm³/mol. The first kappa shape index (κ1) is 13.5. The zero-order chi connectivity index (χ0) is 13.5. The van der Waals surface area contributed by atoms with Crippen LogP contribution < -0.4 is 10.6 Å². The number of carbonyl (C=O) groups excluding carboxylic acids is 1. The van der Waals surface area contributed by atoms with Crippen molar-refractivity contribution in [3.05, 3.63) is 29.6 Å². The fourth-order valence-electron chi connectivity index (χ4n) is 1.22. The summed E-state index contributed by atoms with van der Waals surface area (Å²) in [6, 6.07) is 2.38. The number of halogens is 1. The molecule has 0 saturated carbocycles. The Hall–Kier alpha value is -2.55. The molecule has 0 aliphatic rings. The lowest BCUT2D eigenvalue weighted by Crippen LogP contribution is -2.30. The number of carboxylic acids is 1. The molecule has 1 aromatic carbocycles. The van der Waals surface area contributed by atoms with E-state index in [0.717, 1.165) is 18.2 Å². The lowest BCUT2D eigenvalue weighted by molar-refractivity contribution is 0.0698. The molecule has 0 heterocycles. The first-order valence-electron chi connectivity index (χ1n) is 5.05. The number of nitrogens with one attached hydrogen (secondary N) is 2. The van der Waals surface area contributed by atoms with Crippen LogP contribution in [0.4, 0.5) is 14.9 Å². The second-order valence-corrected chi connectivity index (χ2v) is 3.33. The van der Waals surface area contributed by atoms with Crippen LogP contribution in [0.5, 0.6) is 0 Å². The topological polar surface area (TPSA) is 78.4 Å². The number of aromatic carboxylic acids is 1. The monoisotopic (exact) mass is 250 g/mol. The summed E-state index contributed by atoms with van der Waals surface area (Å²) in [6.45, 7) is 0.250. The highest BCUT2D eigenvalue weighted by atomic mass is 19.1. The molecule has 0 radical (unpaired) electrons. The molecule has 0 fully saturated rings. The van der Waals surface area contributed by atoms with Gasteiger partial charge in [-0.1, -0.05) is 0 Å². The van der Waals surface area contributed by atoms with Gasteiger partial charge in [0.15, 0.2) is 0 Å². The zero-order valence-electron chi connectivity index (χ0n) is 9.37. The first-order valence-corrected chi connectivity index (χ1v) is 5.05. The van der Waals surface area contributed by atoms with E-state index in [1.165, 1.54) is 0 Å². The van der Waals surface area contributed by atoms with Crippen LogP contribution in [0.1, 0.15) is 16.8 Å². The Balaban J connectivity index is 2.77. The van der Waals surface area contributed by atoms with E-state index in [-0.39, 0.29) is 17.8 Å². The van der Waals surface area contributed by atoms with Gasteiger partial charge in [-0.25, -0.2) is 14.0 Å². The molecule has 1 rings (SSSR count). The molecular weight excluding hydrogens is 239 g/mol. The third-order valence-electron chi connectivity index (χ3n) is 2.02. The van der Waals surface area contributed by atoms with E-state index in [4.69, 9.17) is 11.5 Å². The molecule has 2 amide bonds.